The van der Waals surface area contributed by atoms with Gasteiger partial charge in [0.2, 0.25) is 5.82 Å². The Balaban J connectivity index is 1.34. The molecule has 0 aliphatic carbocycles. The van der Waals surface area contributed by atoms with Gasteiger partial charge in [0, 0.05) is 25.1 Å². The summed E-state index contributed by atoms with van der Waals surface area (Å²) in [6, 6.07) is 35.5. The Hall–Kier alpha value is -5.90. The highest BCUT2D eigenvalue weighted by Crippen LogP contribution is 2.30. The van der Waals surface area contributed by atoms with Crippen LogP contribution in [-0.4, -0.2) is 39.3 Å². The largest absolute Gasteiger partial charge is 0.337 e. The van der Waals surface area contributed by atoms with Gasteiger partial charge in [0.05, 0.1) is 5.69 Å². The van der Waals surface area contributed by atoms with E-state index < -0.39 is 0 Å². The van der Waals surface area contributed by atoms with Crippen LogP contribution >= 0.6 is 0 Å². The number of hydrogen-bond acceptors (Lipinski definition) is 6. The first-order valence-corrected chi connectivity index (χ1v) is 16.4. The number of aryl methyl sites for hydroxylation is 3. The number of para-hydroxylation sites is 1. The van der Waals surface area contributed by atoms with Crippen molar-refractivity contribution in [2.24, 2.45) is 0 Å². The van der Waals surface area contributed by atoms with Crippen LogP contribution in [0.1, 0.15) is 43.1 Å². The third-order valence-corrected chi connectivity index (χ3v) is 8.72. The Bertz CT molecular complexity index is 2250. The summed E-state index contributed by atoms with van der Waals surface area (Å²) >= 11 is 0. The molecule has 4 aromatic carbocycles. The first-order chi connectivity index (χ1) is 23.6. The lowest BCUT2D eigenvalue weighted by atomic mass is 9.98. The van der Waals surface area contributed by atoms with Crippen LogP contribution in [0.3, 0.4) is 0 Å². The average Bonchev–Trinajstić information content (AvgIpc) is 3.79. The summed E-state index contributed by atoms with van der Waals surface area (Å²) in [6.45, 7) is 3.00. The van der Waals surface area contributed by atoms with Gasteiger partial charge < -0.3 is 4.57 Å². The summed E-state index contributed by atoms with van der Waals surface area (Å²) in [4.78, 5) is 33.5. The number of benzene rings is 4. The number of H-pyrrole nitrogens is 1. The topological polar surface area (TPSA) is 116 Å². The fourth-order valence-corrected chi connectivity index (χ4v) is 6.25. The number of tetrazole rings is 1. The zero-order valence-corrected chi connectivity index (χ0v) is 26.8. The Morgan fingerprint density at radius 3 is 2.12 bits per heavy atom. The summed E-state index contributed by atoms with van der Waals surface area (Å²) in [5.41, 5.74) is 5.67. The highest BCUT2D eigenvalue weighted by Gasteiger charge is 2.23. The molecule has 240 valence electrons. The minimum absolute atomic E-state index is 0.364. The van der Waals surface area contributed by atoms with E-state index in [0.29, 0.717) is 48.6 Å². The standard InChI is InChI=1S/C38H36N8O2/c1-2-3-6-19-33-39-36-34(37(47)46(30-15-9-5-10-16-30)38(48)44(36)25-24-27-13-7-4-8-14-27)45(33)26-28-20-22-29(23-21-28)31-17-11-12-18-32(31)35-40-42-43-41-35/h4-5,7-18,20-23H,2-3,6,19,24-26H2,1H3,(H,40,41,42,43). The minimum atomic E-state index is -0.385. The van der Waals surface area contributed by atoms with Crippen LogP contribution in [-0.2, 0) is 25.9 Å². The molecule has 3 heterocycles. The number of aromatic nitrogens is 8. The second-order valence-corrected chi connectivity index (χ2v) is 11.9. The van der Waals surface area contributed by atoms with Crippen molar-refractivity contribution in [3.05, 3.63) is 147 Å². The maximum Gasteiger partial charge on any atom is 0.337 e. The molecular weight excluding hydrogens is 600 g/mol. The van der Waals surface area contributed by atoms with Crippen LogP contribution in [0.15, 0.2) is 119 Å². The Labute approximate surface area is 277 Å². The summed E-state index contributed by atoms with van der Waals surface area (Å²) in [6.07, 6.45) is 4.39. The van der Waals surface area contributed by atoms with Crippen LogP contribution in [0.5, 0.6) is 0 Å². The molecule has 0 fully saturated rings. The Kier molecular flexibility index (Phi) is 8.86. The van der Waals surface area contributed by atoms with Crippen molar-refractivity contribution in [2.75, 3.05) is 0 Å². The number of hydrogen-bond donors (Lipinski definition) is 1. The monoisotopic (exact) mass is 636 g/mol. The number of imidazole rings is 1. The molecule has 48 heavy (non-hydrogen) atoms. The van der Waals surface area contributed by atoms with Gasteiger partial charge in [-0.2, -0.15) is 5.21 Å². The molecule has 0 bridgehead atoms. The van der Waals surface area contributed by atoms with Crippen molar-refractivity contribution in [2.45, 2.75) is 52.1 Å². The van der Waals surface area contributed by atoms with E-state index in [-0.39, 0.29) is 11.2 Å². The number of aromatic amines is 1. The van der Waals surface area contributed by atoms with Gasteiger partial charge in [-0.05, 0) is 52.4 Å². The minimum Gasteiger partial charge on any atom is -0.318 e. The van der Waals surface area contributed by atoms with Crippen LogP contribution < -0.4 is 11.2 Å². The number of nitrogens with one attached hydrogen (secondary N) is 1. The smallest absolute Gasteiger partial charge is 0.318 e. The second kappa shape index (κ2) is 13.8. The zero-order chi connectivity index (χ0) is 32.9. The van der Waals surface area contributed by atoms with Crippen LogP contribution in [0, 0.1) is 0 Å². The molecule has 1 N–H and O–H groups in total. The van der Waals surface area contributed by atoms with E-state index >= 15 is 0 Å². The molecule has 0 amide bonds. The molecule has 0 unspecified atom stereocenters. The van der Waals surface area contributed by atoms with Crippen molar-refractivity contribution >= 4 is 11.2 Å². The number of rotatable bonds is 12. The molecule has 0 spiro atoms. The van der Waals surface area contributed by atoms with Crippen molar-refractivity contribution < 1.29 is 0 Å². The lowest BCUT2D eigenvalue weighted by molar-refractivity contribution is 0.642. The normalized spacial score (nSPS) is 11.4. The molecule has 0 atom stereocenters. The third-order valence-electron chi connectivity index (χ3n) is 8.72. The van der Waals surface area contributed by atoms with Gasteiger partial charge in [0.25, 0.3) is 5.56 Å². The highest BCUT2D eigenvalue weighted by molar-refractivity contribution is 5.80. The molecule has 7 aromatic rings. The van der Waals surface area contributed by atoms with Gasteiger partial charge in [0.1, 0.15) is 5.82 Å². The van der Waals surface area contributed by atoms with E-state index in [4.69, 9.17) is 4.98 Å². The number of nitrogens with zero attached hydrogens (tertiary/aromatic N) is 7. The maximum atomic E-state index is 14.4. The highest BCUT2D eigenvalue weighted by atomic mass is 16.2. The van der Waals surface area contributed by atoms with E-state index in [9.17, 15) is 9.59 Å². The van der Waals surface area contributed by atoms with E-state index in [1.54, 1.807) is 16.7 Å². The fraction of sp³-hybridized carbons (Fsp3) is 0.211. The van der Waals surface area contributed by atoms with Crippen molar-refractivity contribution in [3.8, 4) is 28.2 Å². The molecule has 0 aliphatic rings. The van der Waals surface area contributed by atoms with E-state index in [0.717, 1.165) is 52.9 Å². The number of unbranched alkanes of at least 4 members (excludes halogenated alkanes) is 2. The second-order valence-electron chi connectivity index (χ2n) is 11.9. The molecule has 7 rings (SSSR count). The van der Waals surface area contributed by atoms with Crippen LogP contribution in [0.4, 0.5) is 0 Å². The van der Waals surface area contributed by atoms with Crippen molar-refractivity contribution in [3.63, 3.8) is 0 Å². The molecular formula is C38H36N8O2. The SMILES string of the molecule is CCCCCc1nc2c(c(=O)n(-c3ccccc3)c(=O)n2CCc2ccccc2)n1Cc1ccc(-c2ccccc2-c2nn[nH]n2)cc1. The molecule has 0 radical (unpaired) electrons. The van der Waals surface area contributed by atoms with Gasteiger partial charge in [-0.3, -0.25) is 9.36 Å². The summed E-state index contributed by atoms with van der Waals surface area (Å²) in [5.74, 6) is 1.34. The van der Waals surface area contributed by atoms with Gasteiger partial charge >= 0.3 is 5.69 Å². The van der Waals surface area contributed by atoms with E-state index in [1.165, 1.54) is 4.57 Å². The van der Waals surface area contributed by atoms with Crippen molar-refractivity contribution in [1.29, 1.82) is 0 Å². The predicted octanol–water partition coefficient (Wildman–Crippen LogP) is 6.22. The Morgan fingerprint density at radius 2 is 1.42 bits per heavy atom. The summed E-state index contributed by atoms with van der Waals surface area (Å²) in [7, 11) is 0. The van der Waals surface area contributed by atoms with E-state index in [2.05, 4.69) is 63.9 Å². The average molecular weight is 637 g/mol. The molecule has 0 saturated heterocycles. The number of fused-ring (bicyclic) bond motifs is 1. The van der Waals surface area contributed by atoms with Crippen LogP contribution in [0.25, 0.3) is 39.4 Å². The summed E-state index contributed by atoms with van der Waals surface area (Å²) < 4.78 is 4.99. The lowest BCUT2D eigenvalue weighted by Gasteiger charge is -2.14. The first kappa shape index (κ1) is 30.7. The lowest BCUT2D eigenvalue weighted by Crippen LogP contribution is -2.40. The maximum absolute atomic E-state index is 14.4. The molecule has 0 aliphatic heterocycles. The first-order valence-electron chi connectivity index (χ1n) is 16.4. The molecule has 0 saturated carbocycles. The predicted molar refractivity (Wildman–Crippen MR) is 187 cm³/mol. The molecule has 3 aromatic heterocycles. The fourth-order valence-electron chi connectivity index (χ4n) is 6.25. The van der Waals surface area contributed by atoms with Gasteiger partial charge in [-0.15, -0.1) is 10.2 Å². The zero-order valence-electron chi connectivity index (χ0n) is 26.8. The van der Waals surface area contributed by atoms with Gasteiger partial charge in [-0.1, -0.05) is 117 Å². The van der Waals surface area contributed by atoms with E-state index in [1.807, 2.05) is 65.2 Å². The molecule has 10 heteroatoms. The molecule has 10 nitrogen and oxygen atoms in total. The quantitative estimate of drug-likeness (QED) is 0.159. The summed E-state index contributed by atoms with van der Waals surface area (Å²) in [5, 5.41) is 14.6. The van der Waals surface area contributed by atoms with Crippen molar-refractivity contribution in [1.82, 2.24) is 39.3 Å². The third kappa shape index (κ3) is 6.12. The Morgan fingerprint density at radius 1 is 0.708 bits per heavy atom. The van der Waals surface area contributed by atoms with Gasteiger partial charge in [-0.25, -0.2) is 14.3 Å². The van der Waals surface area contributed by atoms with Crippen LogP contribution in [0.2, 0.25) is 0 Å². The van der Waals surface area contributed by atoms with Gasteiger partial charge in [0.15, 0.2) is 11.2 Å².